The molecule has 0 radical (unpaired) electrons. The largest absolute Gasteiger partial charge is 0.481 e. The summed E-state index contributed by atoms with van der Waals surface area (Å²) in [4.78, 5) is 51.6. The van der Waals surface area contributed by atoms with Crippen molar-refractivity contribution < 1.29 is 23.9 Å². The van der Waals surface area contributed by atoms with Crippen LogP contribution >= 0.6 is 34.8 Å². The van der Waals surface area contributed by atoms with Crippen molar-refractivity contribution in [3.05, 3.63) is 91.4 Å². The third kappa shape index (κ3) is 6.09. The highest BCUT2D eigenvalue weighted by molar-refractivity contribution is 6.40. The van der Waals surface area contributed by atoms with E-state index in [0.717, 1.165) is 16.0 Å². The van der Waals surface area contributed by atoms with Gasteiger partial charge in [-0.3, -0.25) is 19.7 Å². The average Bonchev–Trinajstić information content (AvgIpc) is 2.86. The molecule has 1 fully saturated rings. The van der Waals surface area contributed by atoms with Crippen LogP contribution < -0.4 is 20.3 Å². The number of benzene rings is 3. The maximum absolute atomic E-state index is 13.2. The molecular weight excluding hydrogens is 565 g/mol. The van der Waals surface area contributed by atoms with Gasteiger partial charge in [-0.05, 0) is 79.4 Å². The summed E-state index contributed by atoms with van der Waals surface area (Å²) >= 11 is 18.8. The number of imide groups is 2. The number of rotatable bonds is 6. The number of urea groups is 1. The summed E-state index contributed by atoms with van der Waals surface area (Å²) in [6.45, 7) is 5.18. The minimum absolute atomic E-state index is 0.0520. The van der Waals surface area contributed by atoms with Gasteiger partial charge in [0.1, 0.15) is 5.57 Å². The van der Waals surface area contributed by atoms with Gasteiger partial charge in [-0.2, -0.15) is 0 Å². The highest BCUT2D eigenvalue weighted by atomic mass is 35.5. The maximum atomic E-state index is 13.2. The lowest BCUT2D eigenvalue weighted by atomic mass is 10.1. The molecule has 11 heteroatoms. The molecule has 0 spiro atoms. The van der Waals surface area contributed by atoms with Crippen molar-refractivity contribution >= 4 is 76.0 Å². The van der Waals surface area contributed by atoms with Gasteiger partial charge in [0.2, 0.25) is 0 Å². The third-order valence-electron chi connectivity index (χ3n) is 6.07. The van der Waals surface area contributed by atoms with E-state index in [2.05, 4.69) is 10.6 Å². The third-order valence-corrected chi connectivity index (χ3v) is 6.87. The second-order valence-electron chi connectivity index (χ2n) is 8.79. The molecule has 0 bridgehead atoms. The first-order valence-corrected chi connectivity index (χ1v) is 12.7. The van der Waals surface area contributed by atoms with E-state index in [-0.39, 0.29) is 33.7 Å². The molecule has 2 N–H and O–H groups in total. The summed E-state index contributed by atoms with van der Waals surface area (Å²) < 4.78 is 5.56. The zero-order valence-corrected chi connectivity index (χ0v) is 23.3. The number of barbiturate groups is 1. The number of nitrogens with one attached hydrogen (secondary N) is 2. The van der Waals surface area contributed by atoms with Gasteiger partial charge in [-0.15, -0.1) is 0 Å². The van der Waals surface area contributed by atoms with Crippen LogP contribution in [0.4, 0.5) is 16.2 Å². The minimum atomic E-state index is -0.897. The van der Waals surface area contributed by atoms with Crippen LogP contribution in [0.5, 0.6) is 5.75 Å². The fourth-order valence-electron chi connectivity index (χ4n) is 3.88. The van der Waals surface area contributed by atoms with Crippen LogP contribution in [0.1, 0.15) is 22.3 Å². The Kier molecular flexibility index (Phi) is 8.30. The van der Waals surface area contributed by atoms with Crippen molar-refractivity contribution in [2.75, 3.05) is 16.8 Å². The van der Waals surface area contributed by atoms with E-state index in [1.54, 1.807) is 25.1 Å². The van der Waals surface area contributed by atoms with Gasteiger partial charge >= 0.3 is 6.03 Å². The summed E-state index contributed by atoms with van der Waals surface area (Å²) in [7, 11) is 0. The molecule has 4 rings (SSSR count). The number of hydrogen-bond donors (Lipinski definition) is 2. The number of carbonyl (C=O) groups excluding carboxylic acids is 4. The predicted molar refractivity (Wildman–Crippen MR) is 152 cm³/mol. The standard InChI is InChI=1S/C28H22Cl3N3O5/c1-14-5-4-6-22(16(14)3)32-24(35)13-39-25-20(30)10-17(11-21(25)31)9-19-26(36)33-28(38)34(27(19)37)23-12-18(29)8-7-15(23)2/h4-12H,13H2,1-3H3,(H,32,35)(H,33,36,38)/b19-9+. The summed E-state index contributed by atoms with van der Waals surface area (Å²) in [6, 6.07) is 12.2. The summed E-state index contributed by atoms with van der Waals surface area (Å²) in [5, 5.41) is 5.36. The van der Waals surface area contributed by atoms with Gasteiger partial charge in [0.05, 0.1) is 15.7 Å². The molecule has 5 amide bonds. The van der Waals surface area contributed by atoms with Crippen LogP contribution in [0, 0.1) is 20.8 Å². The lowest BCUT2D eigenvalue weighted by Gasteiger charge is -2.27. The molecule has 3 aromatic rings. The first-order valence-electron chi connectivity index (χ1n) is 11.6. The summed E-state index contributed by atoms with van der Waals surface area (Å²) in [6.07, 6.45) is 1.26. The molecule has 200 valence electrons. The Bertz CT molecular complexity index is 1540. The molecule has 1 saturated heterocycles. The molecule has 0 aliphatic carbocycles. The zero-order valence-electron chi connectivity index (χ0n) is 21.0. The number of ether oxygens (including phenoxy) is 1. The molecule has 1 heterocycles. The van der Waals surface area contributed by atoms with Crippen LogP contribution in [0.3, 0.4) is 0 Å². The first-order chi connectivity index (χ1) is 18.5. The van der Waals surface area contributed by atoms with Crippen LogP contribution in [0.2, 0.25) is 15.1 Å². The van der Waals surface area contributed by atoms with Crippen molar-refractivity contribution in [1.82, 2.24) is 5.32 Å². The Morgan fingerprint density at radius 1 is 0.974 bits per heavy atom. The van der Waals surface area contributed by atoms with Gasteiger partial charge < -0.3 is 10.1 Å². The highest BCUT2D eigenvalue weighted by Crippen LogP contribution is 2.35. The maximum Gasteiger partial charge on any atom is 0.335 e. The van der Waals surface area contributed by atoms with E-state index < -0.39 is 23.8 Å². The molecule has 3 aromatic carbocycles. The number of anilines is 2. The highest BCUT2D eigenvalue weighted by Gasteiger charge is 2.37. The SMILES string of the molecule is Cc1ccc(Cl)cc1N1C(=O)NC(=O)/C(=C\c2cc(Cl)c(OCC(=O)Nc3cccc(C)c3C)c(Cl)c2)C1=O. The zero-order chi connectivity index (χ0) is 28.4. The topological polar surface area (TPSA) is 105 Å². The number of nitrogens with zero attached hydrogens (tertiary/aromatic N) is 1. The summed E-state index contributed by atoms with van der Waals surface area (Å²) in [5.41, 5.74) is 3.46. The molecule has 0 aromatic heterocycles. The number of hydrogen-bond acceptors (Lipinski definition) is 5. The Morgan fingerprint density at radius 2 is 1.67 bits per heavy atom. The van der Waals surface area contributed by atoms with E-state index in [9.17, 15) is 19.2 Å². The minimum Gasteiger partial charge on any atom is -0.481 e. The van der Waals surface area contributed by atoms with Crippen molar-refractivity contribution in [3.63, 3.8) is 0 Å². The fourth-order valence-corrected chi connectivity index (χ4v) is 4.66. The van der Waals surface area contributed by atoms with E-state index in [4.69, 9.17) is 39.5 Å². The van der Waals surface area contributed by atoms with Crippen LogP contribution in [-0.2, 0) is 14.4 Å². The number of aryl methyl sites for hydroxylation is 2. The first kappa shape index (κ1) is 28.2. The number of halogens is 3. The van der Waals surface area contributed by atoms with Crippen molar-refractivity contribution in [2.45, 2.75) is 20.8 Å². The van der Waals surface area contributed by atoms with Crippen molar-refractivity contribution in [3.8, 4) is 5.75 Å². The Morgan fingerprint density at radius 3 is 2.36 bits per heavy atom. The van der Waals surface area contributed by atoms with E-state index >= 15 is 0 Å². The number of amides is 5. The van der Waals surface area contributed by atoms with Crippen LogP contribution in [0.25, 0.3) is 6.08 Å². The Labute approximate surface area is 239 Å². The van der Waals surface area contributed by atoms with Gasteiger partial charge in [0.25, 0.3) is 17.7 Å². The van der Waals surface area contributed by atoms with Gasteiger partial charge in [0.15, 0.2) is 12.4 Å². The van der Waals surface area contributed by atoms with Gasteiger partial charge in [-0.1, -0.05) is 53.0 Å². The average molecular weight is 587 g/mol. The fraction of sp³-hybridized carbons (Fsp3) is 0.143. The molecule has 39 heavy (non-hydrogen) atoms. The van der Waals surface area contributed by atoms with Crippen molar-refractivity contribution in [2.24, 2.45) is 0 Å². The lowest BCUT2D eigenvalue weighted by molar-refractivity contribution is -0.122. The molecule has 0 saturated carbocycles. The molecule has 0 atom stereocenters. The molecule has 1 aliphatic rings. The monoisotopic (exact) mass is 585 g/mol. The molecular formula is C28H22Cl3N3O5. The van der Waals surface area contributed by atoms with Crippen molar-refractivity contribution in [1.29, 1.82) is 0 Å². The van der Waals surface area contributed by atoms with Gasteiger partial charge in [-0.25, -0.2) is 9.69 Å². The second-order valence-corrected chi connectivity index (χ2v) is 10.0. The molecule has 0 unspecified atom stereocenters. The van der Waals surface area contributed by atoms with E-state index in [1.807, 2.05) is 26.0 Å². The van der Waals surface area contributed by atoms with Crippen LogP contribution in [-0.4, -0.2) is 30.4 Å². The van der Waals surface area contributed by atoms with E-state index in [0.29, 0.717) is 21.8 Å². The number of carbonyl (C=O) groups is 4. The summed E-state index contributed by atoms with van der Waals surface area (Å²) in [5.74, 6) is -2.07. The Hall–Kier alpha value is -3.85. The van der Waals surface area contributed by atoms with E-state index in [1.165, 1.54) is 24.3 Å². The lowest BCUT2D eigenvalue weighted by Crippen LogP contribution is -2.54. The Balaban J connectivity index is 1.55. The van der Waals surface area contributed by atoms with Crippen LogP contribution in [0.15, 0.2) is 54.1 Å². The van der Waals surface area contributed by atoms with Gasteiger partial charge in [0, 0.05) is 10.7 Å². The smallest absolute Gasteiger partial charge is 0.335 e. The predicted octanol–water partition coefficient (Wildman–Crippen LogP) is 6.26. The molecule has 8 nitrogen and oxygen atoms in total. The second kappa shape index (κ2) is 11.5. The molecule has 1 aliphatic heterocycles. The normalized spacial score (nSPS) is 14.5. The quantitative estimate of drug-likeness (QED) is 0.262.